The molecule has 0 fully saturated rings. The third-order valence-electron chi connectivity index (χ3n) is 4.66. The smallest absolute Gasteiger partial charge is 0.227 e. The van der Waals surface area contributed by atoms with Gasteiger partial charge in [-0.25, -0.2) is 0 Å². The lowest BCUT2D eigenvalue weighted by Gasteiger charge is -2.28. The number of aryl methyl sites for hydroxylation is 1. The van der Waals surface area contributed by atoms with Crippen LogP contribution in [0.25, 0.3) is 0 Å². The van der Waals surface area contributed by atoms with Crippen LogP contribution in [-0.4, -0.2) is 53.2 Å². The van der Waals surface area contributed by atoms with Gasteiger partial charge in [0.15, 0.2) is 0 Å². The molecule has 0 saturated heterocycles. The predicted molar refractivity (Wildman–Crippen MR) is 96.4 cm³/mol. The average molecular weight is 342 g/mol. The summed E-state index contributed by atoms with van der Waals surface area (Å²) in [4.78, 5) is 16.8. The van der Waals surface area contributed by atoms with Crippen molar-refractivity contribution in [2.24, 2.45) is 7.05 Å². The second-order valence-corrected chi connectivity index (χ2v) is 6.82. The first-order chi connectivity index (χ1) is 12.0. The van der Waals surface area contributed by atoms with Crippen molar-refractivity contribution in [1.82, 2.24) is 19.6 Å². The number of hydrogen-bond donors (Lipinski definition) is 0. The first kappa shape index (κ1) is 17.5. The molecule has 0 bridgehead atoms. The van der Waals surface area contributed by atoms with Gasteiger partial charge in [0.2, 0.25) is 5.91 Å². The fourth-order valence-corrected chi connectivity index (χ4v) is 3.33. The zero-order chi connectivity index (χ0) is 18.0. The average Bonchev–Trinajstić information content (AvgIpc) is 2.90. The van der Waals surface area contributed by atoms with Crippen LogP contribution in [0.1, 0.15) is 22.5 Å². The molecule has 1 aromatic heterocycles. The van der Waals surface area contributed by atoms with Crippen molar-refractivity contribution in [2.45, 2.75) is 25.9 Å². The van der Waals surface area contributed by atoms with Gasteiger partial charge < -0.3 is 14.5 Å². The summed E-state index contributed by atoms with van der Waals surface area (Å²) in [6.07, 6.45) is 1.29. The molecule has 1 aliphatic rings. The van der Waals surface area contributed by atoms with Gasteiger partial charge in [0.05, 0.1) is 31.5 Å². The Kier molecular flexibility index (Phi) is 5.08. The zero-order valence-electron chi connectivity index (χ0n) is 15.5. The molecule has 1 aliphatic heterocycles. The lowest BCUT2D eigenvalue weighted by atomic mass is 10.0. The number of nitrogens with zero attached hydrogens (tertiary/aromatic N) is 4. The summed E-state index contributed by atoms with van der Waals surface area (Å²) in [5.41, 5.74) is 4.61. The number of rotatable bonds is 5. The Balaban J connectivity index is 1.69. The van der Waals surface area contributed by atoms with Gasteiger partial charge in [-0.3, -0.25) is 9.48 Å². The van der Waals surface area contributed by atoms with Crippen LogP contribution in [0, 0.1) is 0 Å². The van der Waals surface area contributed by atoms with Crippen molar-refractivity contribution < 1.29 is 9.53 Å². The Labute approximate surface area is 149 Å². The number of ether oxygens (including phenoxy) is 1. The monoisotopic (exact) mass is 342 g/mol. The summed E-state index contributed by atoms with van der Waals surface area (Å²) in [5.74, 6) is 0.966. The molecule has 0 aliphatic carbocycles. The van der Waals surface area contributed by atoms with E-state index in [9.17, 15) is 4.79 Å². The second-order valence-electron chi connectivity index (χ2n) is 6.82. The standard InChI is InChI=1S/C19H26N4O2/c1-21(2)12-17-16-9-10-23(13-18(16)22(3)20-17)19(24)11-14-5-7-15(25-4)8-6-14/h5-8H,9-13H2,1-4H3. The van der Waals surface area contributed by atoms with Gasteiger partial charge in [-0.2, -0.15) is 5.10 Å². The molecule has 1 amide bonds. The van der Waals surface area contributed by atoms with Crippen molar-refractivity contribution in [3.05, 3.63) is 46.8 Å². The Morgan fingerprint density at radius 3 is 2.64 bits per heavy atom. The van der Waals surface area contributed by atoms with E-state index in [1.165, 1.54) is 5.56 Å². The normalized spacial score (nSPS) is 13.9. The van der Waals surface area contributed by atoms with E-state index in [-0.39, 0.29) is 5.91 Å². The molecular formula is C19H26N4O2. The van der Waals surface area contributed by atoms with Gasteiger partial charge in [0.1, 0.15) is 5.75 Å². The number of carbonyl (C=O) groups is 1. The molecule has 2 heterocycles. The molecule has 0 spiro atoms. The highest BCUT2D eigenvalue weighted by atomic mass is 16.5. The molecule has 134 valence electrons. The summed E-state index contributed by atoms with van der Waals surface area (Å²) in [5, 5.41) is 4.65. The minimum absolute atomic E-state index is 0.158. The van der Waals surface area contributed by atoms with Crippen molar-refractivity contribution in [2.75, 3.05) is 27.7 Å². The molecule has 2 aromatic rings. The lowest BCUT2D eigenvalue weighted by Crippen LogP contribution is -2.37. The van der Waals surface area contributed by atoms with Crippen molar-refractivity contribution in [3.8, 4) is 5.75 Å². The van der Waals surface area contributed by atoms with E-state index in [1.54, 1.807) is 7.11 Å². The maximum atomic E-state index is 12.7. The summed E-state index contributed by atoms with van der Waals surface area (Å²) in [7, 11) is 7.71. The summed E-state index contributed by atoms with van der Waals surface area (Å²) < 4.78 is 7.10. The fourth-order valence-electron chi connectivity index (χ4n) is 3.33. The molecule has 0 N–H and O–H groups in total. The Hall–Kier alpha value is -2.34. The SMILES string of the molecule is COc1ccc(CC(=O)N2CCc3c(CN(C)C)nn(C)c3C2)cc1. The van der Waals surface area contributed by atoms with Crippen molar-refractivity contribution in [1.29, 1.82) is 0 Å². The molecule has 1 aromatic carbocycles. The van der Waals surface area contributed by atoms with Crippen LogP contribution >= 0.6 is 0 Å². The highest BCUT2D eigenvalue weighted by molar-refractivity contribution is 5.79. The van der Waals surface area contributed by atoms with Crippen LogP contribution in [0.4, 0.5) is 0 Å². The third kappa shape index (κ3) is 3.85. The quantitative estimate of drug-likeness (QED) is 0.828. The van der Waals surface area contributed by atoms with Gasteiger partial charge >= 0.3 is 0 Å². The van der Waals surface area contributed by atoms with Gasteiger partial charge in [-0.1, -0.05) is 12.1 Å². The van der Waals surface area contributed by atoms with Crippen LogP contribution in [0.15, 0.2) is 24.3 Å². The highest BCUT2D eigenvalue weighted by Crippen LogP contribution is 2.23. The van der Waals surface area contributed by atoms with E-state index in [0.717, 1.165) is 42.2 Å². The molecule has 6 heteroatoms. The number of hydrogen-bond acceptors (Lipinski definition) is 4. The van der Waals surface area contributed by atoms with E-state index in [4.69, 9.17) is 4.74 Å². The van der Waals surface area contributed by atoms with E-state index in [1.807, 2.05) is 40.9 Å². The number of methoxy groups -OCH3 is 1. The van der Waals surface area contributed by atoms with Crippen LogP contribution in [-0.2, 0) is 37.8 Å². The van der Waals surface area contributed by atoms with Crippen molar-refractivity contribution >= 4 is 5.91 Å². The van der Waals surface area contributed by atoms with Crippen LogP contribution in [0.2, 0.25) is 0 Å². The maximum Gasteiger partial charge on any atom is 0.227 e. The topological polar surface area (TPSA) is 50.6 Å². The molecule has 0 saturated carbocycles. The minimum Gasteiger partial charge on any atom is -0.497 e. The number of carbonyl (C=O) groups excluding carboxylic acids is 1. The number of benzene rings is 1. The van der Waals surface area contributed by atoms with E-state index < -0.39 is 0 Å². The first-order valence-corrected chi connectivity index (χ1v) is 8.57. The summed E-state index contributed by atoms with van der Waals surface area (Å²) in [6.45, 7) is 2.23. The Bertz CT molecular complexity index is 750. The van der Waals surface area contributed by atoms with Crippen molar-refractivity contribution in [3.63, 3.8) is 0 Å². The summed E-state index contributed by atoms with van der Waals surface area (Å²) in [6, 6.07) is 7.69. The van der Waals surface area contributed by atoms with Gasteiger partial charge in [0.25, 0.3) is 0 Å². The molecule has 25 heavy (non-hydrogen) atoms. The predicted octanol–water partition coefficient (Wildman–Crippen LogP) is 1.62. The Morgan fingerprint density at radius 2 is 2.00 bits per heavy atom. The van der Waals surface area contributed by atoms with E-state index in [2.05, 4.69) is 24.1 Å². The zero-order valence-corrected chi connectivity index (χ0v) is 15.5. The molecule has 0 unspecified atom stereocenters. The van der Waals surface area contributed by atoms with Gasteiger partial charge in [-0.05, 0) is 38.2 Å². The highest BCUT2D eigenvalue weighted by Gasteiger charge is 2.26. The van der Waals surface area contributed by atoms with E-state index >= 15 is 0 Å². The number of amides is 1. The summed E-state index contributed by atoms with van der Waals surface area (Å²) >= 11 is 0. The molecule has 6 nitrogen and oxygen atoms in total. The first-order valence-electron chi connectivity index (χ1n) is 8.57. The Morgan fingerprint density at radius 1 is 1.28 bits per heavy atom. The largest absolute Gasteiger partial charge is 0.497 e. The molecule has 0 radical (unpaired) electrons. The maximum absolute atomic E-state index is 12.7. The van der Waals surface area contributed by atoms with Gasteiger partial charge in [-0.15, -0.1) is 0 Å². The van der Waals surface area contributed by atoms with Crippen LogP contribution in [0.5, 0.6) is 5.75 Å². The van der Waals surface area contributed by atoms with Crippen LogP contribution in [0.3, 0.4) is 0 Å². The number of fused-ring (bicyclic) bond motifs is 1. The third-order valence-corrected chi connectivity index (χ3v) is 4.66. The van der Waals surface area contributed by atoms with Gasteiger partial charge in [0, 0.05) is 25.7 Å². The number of aromatic nitrogens is 2. The minimum atomic E-state index is 0.158. The molecule has 3 rings (SSSR count). The molecular weight excluding hydrogens is 316 g/mol. The lowest BCUT2D eigenvalue weighted by molar-refractivity contribution is -0.131. The molecule has 0 atom stereocenters. The fraction of sp³-hybridized carbons (Fsp3) is 0.474. The second kappa shape index (κ2) is 7.27. The van der Waals surface area contributed by atoms with Crippen LogP contribution < -0.4 is 4.74 Å². The van der Waals surface area contributed by atoms with E-state index in [0.29, 0.717) is 13.0 Å².